The number of nitrogens with two attached hydrogens (primary N) is 1. The van der Waals surface area contributed by atoms with E-state index in [2.05, 4.69) is 5.32 Å². The van der Waals surface area contributed by atoms with E-state index in [4.69, 9.17) is 17.3 Å². The summed E-state index contributed by atoms with van der Waals surface area (Å²) in [6.07, 6.45) is 1.17. The van der Waals surface area contributed by atoms with Crippen LogP contribution in [0.2, 0.25) is 5.02 Å². The normalized spacial score (nSPS) is 20.0. The number of nitrogens with zero attached hydrogens (tertiary/aromatic N) is 1. The predicted molar refractivity (Wildman–Crippen MR) is 76.8 cm³/mol. The molecule has 1 fully saturated rings. The average Bonchev–Trinajstić information content (AvgIpc) is 2.90. The van der Waals surface area contributed by atoms with Gasteiger partial charge < -0.3 is 11.1 Å². The Morgan fingerprint density at radius 2 is 2.20 bits per heavy atom. The predicted octanol–water partition coefficient (Wildman–Crippen LogP) is 0.821. The summed E-state index contributed by atoms with van der Waals surface area (Å²) < 4.78 is 26.4. The number of hydrogen-bond acceptors (Lipinski definition) is 4. The van der Waals surface area contributed by atoms with Gasteiger partial charge >= 0.3 is 0 Å². The monoisotopic (exact) mass is 317 g/mol. The Balaban J connectivity index is 2.38. The van der Waals surface area contributed by atoms with Gasteiger partial charge in [0.05, 0.1) is 15.6 Å². The van der Waals surface area contributed by atoms with E-state index < -0.39 is 16.1 Å². The molecule has 1 atom stereocenters. The minimum absolute atomic E-state index is 0.0511. The number of benzene rings is 1. The van der Waals surface area contributed by atoms with E-state index in [-0.39, 0.29) is 16.5 Å². The standard InChI is InChI=1S/C12H16ClN3O3S/c1-15-12(17)11-3-2-6-16(11)20(18,19)8-4-5-9(13)10(14)7-8/h4-5,7,11H,2-3,6,14H2,1H3,(H,15,17). The quantitative estimate of drug-likeness (QED) is 0.807. The molecule has 1 aliphatic rings. The summed E-state index contributed by atoms with van der Waals surface area (Å²) in [6.45, 7) is 0.322. The highest BCUT2D eigenvalue weighted by Gasteiger charge is 2.39. The molecule has 6 nitrogen and oxygen atoms in total. The molecule has 110 valence electrons. The number of sulfonamides is 1. The zero-order valence-electron chi connectivity index (χ0n) is 11.0. The average molecular weight is 318 g/mol. The van der Waals surface area contributed by atoms with Crippen LogP contribution in [0.15, 0.2) is 23.1 Å². The van der Waals surface area contributed by atoms with E-state index in [1.54, 1.807) is 0 Å². The van der Waals surface area contributed by atoms with Crippen molar-refractivity contribution in [2.24, 2.45) is 0 Å². The van der Waals surface area contributed by atoms with Crippen molar-refractivity contribution in [2.75, 3.05) is 19.3 Å². The highest BCUT2D eigenvalue weighted by atomic mass is 35.5. The van der Waals surface area contributed by atoms with Gasteiger partial charge in [-0.1, -0.05) is 11.6 Å². The van der Waals surface area contributed by atoms with Crippen LogP contribution in [0.5, 0.6) is 0 Å². The smallest absolute Gasteiger partial charge is 0.243 e. The van der Waals surface area contributed by atoms with Gasteiger partial charge in [-0.3, -0.25) is 4.79 Å². The number of likely N-dealkylation sites (N-methyl/N-ethyl adjacent to an activating group) is 1. The van der Waals surface area contributed by atoms with Crippen LogP contribution in [0.25, 0.3) is 0 Å². The van der Waals surface area contributed by atoms with Gasteiger partial charge in [-0.15, -0.1) is 0 Å². The Hall–Kier alpha value is -1.31. The molecule has 0 aliphatic carbocycles. The summed E-state index contributed by atoms with van der Waals surface area (Å²) in [6, 6.07) is 3.49. The van der Waals surface area contributed by atoms with Gasteiger partial charge in [-0.05, 0) is 31.0 Å². The number of amides is 1. The maximum Gasteiger partial charge on any atom is 0.243 e. The molecule has 1 saturated heterocycles. The molecular formula is C12H16ClN3O3S. The van der Waals surface area contributed by atoms with Crippen LogP contribution in [0.1, 0.15) is 12.8 Å². The molecule has 1 aromatic carbocycles. The summed E-state index contributed by atoms with van der Waals surface area (Å²) in [5.41, 5.74) is 5.84. The van der Waals surface area contributed by atoms with Crippen LogP contribution in [-0.4, -0.2) is 38.3 Å². The van der Waals surface area contributed by atoms with E-state index in [1.165, 1.54) is 29.6 Å². The van der Waals surface area contributed by atoms with Gasteiger partial charge in [0.2, 0.25) is 15.9 Å². The first-order chi connectivity index (χ1) is 9.37. The Bertz CT molecular complexity index is 633. The van der Waals surface area contributed by atoms with Crippen LogP contribution in [0.4, 0.5) is 5.69 Å². The highest BCUT2D eigenvalue weighted by Crippen LogP contribution is 2.29. The fraction of sp³-hybridized carbons (Fsp3) is 0.417. The number of anilines is 1. The number of nitrogen functional groups attached to an aromatic ring is 1. The summed E-state index contributed by atoms with van der Waals surface area (Å²) in [5, 5.41) is 2.79. The molecular weight excluding hydrogens is 302 g/mol. The third-order valence-corrected chi connectivity index (χ3v) is 5.58. The van der Waals surface area contributed by atoms with Gasteiger partial charge in [0.1, 0.15) is 6.04 Å². The second-order valence-corrected chi connectivity index (χ2v) is 6.87. The summed E-state index contributed by atoms with van der Waals surface area (Å²) in [4.78, 5) is 11.8. The van der Waals surface area contributed by atoms with Crippen molar-refractivity contribution in [3.05, 3.63) is 23.2 Å². The molecule has 0 aromatic heterocycles. The summed E-state index contributed by atoms with van der Waals surface area (Å²) >= 11 is 5.79. The molecule has 3 N–H and O–H groups in total. The SMILES string of the molecule is CNC(=O)C1CCCN1S(=O)(=O)c1ccc(Cl)c(N)c1. The number of carbonyl (C=O) groups excluding carboxylic acids is 1. The number of rotatable bonds is 3. The molecule has 2 rings (SSSR count). The van der Waals surface area contributed by atoms with E-state index in [1.807, 2.05) is 0 Å². The topological polar surface area (TPSA) is 92.5 Å². The lowest BCUT2D eigenvalue weighted by atomic mass is 10.2. The summed E-state index contributed by atoms with van der Waals surface area (Å²) in [7, 11) is -2.26. The molecule has 0 spiro atoms. The number of nitrogens with one attached hydrogen (secondary N) is 1. The van der Waals surface area contributed by atoms with E-state index in [9.17, 15) is 13.2 Å². The zero-order chi connectivity index (χ0) is 14.9. The Kier molecular flexibility index (Phi) is 4.22. The second-order valence-electron chi connectivity index (χ2n) is 4.57. The van der Waals surface area contributed by atoms with Gasteiger partial charge in [0.15, 0.2) is 0 Å². The van der Waals surface area contributed by atoms with E-state index in [0.717, 1.165) is 0 Å². The lowest BCUT2D eigenvalue weighted by molar-refractivity contribution is -0.123. The molecule has 1 amide bonds. The Morgan fingerprint density at radius 3 is 2.80 bits per heavy atom. The molecule has 20 heavy (non-hydrogen) atoms. The first kappa shape index (κ1) is 15.1. The van der Waals surface area contributed by atoms with Crippen molar-refractivity contribution >= 4 is 33.2 Å². The molecule has 8 heteroatoms. The van der Waals surface area contributed by atoms with Crippen molar-refractivity contribution in [3.8, 4) is 0 Å². The minimum atomic E-state index is -3.75. The van der Waals surface area contributed by atoms with Crippen molar-refractivity contribution in [3.63, 3.8) is 0 Å². The van der Waals surface area contributed by atoms with Gasteiger partial charge in [0.25, 0.3) is 0 Å². The van der Waals surface area contributed by atoms with Crippen molar-refractivity contribution in [1.82, 2.24) is 9.62 Å². The van der Waals surface area contributed by atoms with Crippen LogP contribution in [0.3, 0.4) is 0 Å². The highest BCUT2D eigenvalue weighted by molar-refractivity contribution is 7.89. The third kappa shape index (κ3) is 2.61. The molecule has 1 aliphatic heterocycles. The first-order valence-electron chi connectivity index (χ1n) is 6.16. The molecule has 0 radical (unpaired) electrons. The first-order valence-corrected chi connectivity index (χ1v) is 7.98. The van der Waals surface area contributed by atoms with Crippen molar-refractivity contribution < 1.29 is 13.2 Å². The van der Waals surface area contributed by atoms with Gasteiger partial charge in [-0.2, -0.15) is 4.31 Å². The number of carbonyl (C=O) groups is 1. The van der Waals surface area contributed by atoms with E-state index in [0.29, 0.717) is 24.4 Å². The molecule has 1 unspecified atom stereocenters. The minimum Gasteiger partial charge on any atom is -0.397 e. The molecule has 0 bridgehead atoms. The Morgan fingerprint density at radius 1 is 1.50 bits per heavy atom. The van der Waals surface area contributed by atoms with Crippen LogP contribution < -0.4 is 11.1 Å². The van der Waals surface area contributed by atoms with Gasteiger partial charge in [-0.25, -0.2) is 8.42 Å². The van der Waals surface area contributed by atoms with Crippen LogP contribution >= 0.6 is 11.6 Å². The molecule has 0 saturated carbocycles. The fourth-order valence-corrected chi connectivity index (χ4v) is 4.08. The Labute approximate surface area is 122 Å². The lowest BCUT2D eigenvalue weighted by Gasteiger charge is -2.23. The maximum atomic E-state index is 12.6. The zero-order valence-corrected chi connectivity index (χ0v) is 12.5. The fourth-order valence-electron chi connectivity index (χ4n) is 2.27. The molecule has 1 aromatic rings. The van der Waals surface area contributed by atoms with Crippen molar-refractivity contribution in [2.45, 2.75) is 23.8 Å². The number of halogens is 1. The van der Waals surface area contributed by atoms with E-state index >= 15 is 0 Å². The number of hydrogen-bond donors (Lipinski definition) is 2. The second kappa shape index (κ2) is 5.59. The maximum absolute atomic E-state index is 12.6. The third-order valence-electron chi connectivity index (χ3n) is 3.33. The van der Waals surface area contributed by atoms with Gasteiger partial charge in [0, 0.05) is 13.6 Å². The molecule has 1 heterocycles. The van der Waals surface area contributed by atoms with Crippen LogP contribution in [-0.2, 0) is 14.8 Å². The lowest BCUT2D eigenvalue weighted by Crippen LogP contribution is -2.44. The van der Waals surface area contributed by atoms with Crippen molar-refractivity contribution in [1.29, 1.82) is 0 Å². The summed E-state index contributed by atoms with van der Waals surface area (Å²) in [5.74, 6) is -0.298. The van der Waals surface area contributed by atoms with Crippen LogP contribution in [0, 0.1) is 0 Å². The largest absolute Gasteiger partial charge is 0.397 e.